The summed E-state index contributed by atoms with van der Waals surface area (Å²) in [6, 6.07) is 1.29. The topological polar surface area (TPSA) is 78.3 Å². The highest BCUT2D eigenvalue weighted by Gasteiger charge is 2.16. The van der Waals surface area contributed by atoms with E-state index in [1.54, 1.807) is 26.8 Å². The van der Waals surface area contributed by atoms with Crippen molar-refractivity contribution in [2.45, 2.75) is 33.4 Å². The van der Waals surface area contributed by atoms with Crippen molar-refractivity contribution in [3.8, 4) is 5.88 Å². The number of hydrogen-bond acceptors (Lipinski definition) is 6. The summed E-state index contributed by atoms with van der Waals surface area (Å²) in [5, 5.41) is 2.99. The average Bonchev–Trinajstić information content (AvgIpc) is 2.54. The third kappa shape index (κ3) is 4.67. The Morgan fingerprint density at radius 3 is 2.65 bits per heavy atom. The summed E-state index contributed by atoms with van der Waals surface area (Å²) in [4.78, 5) is 20.6. The molecule has 0 aliphatic heterocycles. The number of halogens is 3. The van der Waals surface area contributed by atoms with E-state index in [0.29, 0.717) is 23.6 Å². The highest BCUT2D eigenvalue weighted by molar-refractivity contribution is 6.29. The van der Waals surface area contributed by atoms with Crippen molar-refractivity contribution in [3.05, 3.63) is 39.0 Å². The molecule has 1 N–H and O–H groups in total. The number of alkyl halides is 2. The Labute approximate surface area is 153 Å². The molecule has 2 heterocycles. The van der Waals surface area contributed by atoms with E-state index in [4.69, 9.17) is 16.3 Å². The maximum absolute atomic E-state index is 12.6. The van der Waals surface area contributed by atoms with E-state index in [1.165, 1.54) is 17.9 Å². The molecule has 0 saturated carbocycles. The van der Waals surface area contributed by atoms with Crippen LogP contribution in [0.1, 0.15) is 24.2 Å². The number of methoxy groups -OCH3 is 1. The standard InChI is InChI=1S/C16H19ClF2N4O3/c1-8-5-11(10(3)20-14(8)26-16(18)19)21-13-15(24)23(6-12(17)22-13)9(2)7-25-4/h5-6,9,16H,7H2,1-4H3,(H,21,22)/t9-/m1/s1. The van der Waals surface area contributed by atoms with Crippen LogP contribution in [0.15, 0.2) is 17.1 Å². The lowest BCUT2D eigenvalue weighted by Crippen LogP contribution is -2.28. The maximum Gasteiger partial charge on any atom is 0.388 e. The largest absolute Gasteiger partial charge is 0.417 e. The van der Waals surface area contributed by atoms with Crippen molar-refractivity contribution in [1.29, 1.82) is 0 Å². The third-order valence-corrected chi connectivity index (χ3v) is 3.78. The highest BCUT2D eigenvalue weighted by Crippen LogP contribution is 2.25. The molecule has 1 atom stereocenters. The zero-order chi connectivity index (χ0) is 19.4. The zero-order valence-electron chi connectivity index (χ0n) is 14.7. The molecule has 0 spiro atoms. The van der Waals surface area contributed by atoms with Gasteiger partial charge in [-0.25, -0.2) is 9.97 Å². The van der Waals surface area contributed by atoms with E-state index in [2.05, 4.69) is 20.0 Å². The number of rotatable bonds is 7. The van der Waals surface area contributed by atoms with Crippen molar-refractivity contribution < 1.29 is 18.3 Å². The summed E-state index contributed by atoms with van der Waals surface area (Å²) in [5.41, 5.74) is 0.781. The van der Waals surface area contributed by atoms with Crippen molar-refractivity contribution in [1.82, 2.24) is 14.5 Å². The summed E-state index contributed by atoms with van der Waals surface area (Å²) in [6.07, 6.45) is 1.43. The Kier molecular flexibility index (Phi) is 6.49. The van der Waals surface area contributed by atoms with E-state index in [0.717, 1.165) is 0 Å². The van der Waals surface area contributed by atoms with E-state index < -0.39 is 12.2 Å². The summed E-state index contributed by atoms with van der Waals surface area (Å²) in [6.45, 7) is 2.32. The first kappa shape index (κ1) is 20.1. The quantitative estimate of drug-likeness (QED) is 0.782. The van der Waals surface area contributed by atoms with Crippen molar-refractivity contribution in [3.63, 3.8) is 0 Å². The van der Waals surface area contributed by atoms with Crippen LogP contribution in [0.25, 0.3) is 0 Å². The van der Waals surface area contributed by atoms with Gasteiger partial charge in [-0.05, 0) is 26.8 Å². The molecule has 142 valence electrons. The highest BCUT2D eigenvalue weighted by atomic mass is 35.5. The first-order chi connectivity index (χ1) is 12.2. The maximum atomic E-state index is 12.6. The Bertz CT molecular complexity index is 845. The van der Waals surface area contributed by atoms with E-state index in [1.807, 2.05) is 0 Å². The van der Waals surface area contributed by atoms with Crippen LogP contribution < -0.4 is 15.6 Å². The molecule has 0 aliphatic carbocycles. The van der Waals surface area contributed by atoms with Gasteiger partial charge in [0.05, 0.1) is 24.0 Å². The van der Waals surface area contributed by atoms with E-state index in [9.17, 15) is 13.6 Å². The van der Waals surface area contributed by atoms with E-state index >= 15 is 0 Å². The number of pyridine rings is 1. The molecule has 2 aromatic heterocycles. The molecule has 26 heavy (non-hydrogen) atoms. The molecule has 10 heteroatoms. The molecule has 0 unspecified atom stereocenters. The second kappa shape index (κ2) is 8.41. The van der Waals surface area contributed by atoms with Crippen LogP contribution in [0, 0.1) is 13.8 Å². The molecule has 2 aromatic rings. The molecule has 0 aliphatic rings. The van der Waals surface area contributed by atoms with Gasteiger partial charge in [-0.3, -0.25) is 4.79 Å². The van der Waals surface area contributed by atoms with Gasteiger partial charge < -0.3 is 19.4 Å². The van der Waals surface area contributed by atoms with Crippen molar-refractivity contribution in [2.75, 3.05) is 19.0 Å². The zero-order valence-corrected chi connectivity index (χ0v) is 15.5. The smallest absolute Gasteiger partial charge is 0.388 e. The number of aromatic nitrogens is 3. The second-order valence-electron chi connectivity index (χ2n) is 5.68. The number of hydrogen-bond donors (Lipinski definition) is 1. The van der Waals surface area contributed by atoms with Crippen LogP contribution in [0.4, 0.5) is 20.3 Å². The van der Waals surface area contributed by atoms with Gasteiger partial charge in [0, 0.05) is 18.9 Å². The number of ether oxygens (including phenoxy) is 2. The summed E-state index contributed by atoms with van der Waals surface area (Å²) in [5.74, 6) is -0.180. The summed E-state index contributed by atoms with van der Waals surface area (Å²) >= 11 is 6.02. The van der Waals surface area contributed by atoms with Gasteiger partial charge in [-0.1, -0.05) is 11.6 Å². The predicted octanol–water partition coefficient (Wildman–Crippen LogP) is 3.46. The lowest BCUT2D eigenvalue weighted by atomic mass is 10.2. The fraction of sp³-hybridized carbons (Fsp3) is 0.438. The Morgan fingerprint density at radius 2 is 2.04 bits per heavy atom. The summed E-state index contributed by atoms with van der Waals surface area (Å²) in [7, 11) is 1.53. The predicted molar refractivity (Wildman–Crippen MR) is 93.7 cm³/mol. The van der Waals surface area contributed by atoms with Crippen LogP contribution >= 0.6 is 11.6 Å². The molecule has 0 aromatic carbocycles. The van der Waals surface area contributed by atoms with Gasteiger partial charge in [0.25, 0.3) is 5.56 Å². The van der Waals surface area contributed by atoms with Gasteiger partial charge in [0.2, 0.25) is 5.88 Å². The Hall–Kier alpha value is -2.26. The number of anilines is 2. The van der Waals surface area contributed by atoms with Gasteiger partial charge in [0.15, 0.2) is 5.82 Å². The SMILES string of the molecule is COC[C@@H](C)n1cc(Cl)nc(Nc2cc(C)c(OC(F)F)nc2C)c1=O. The molecule has 0 fully saturated rings. The van der Waals surface area contributed by atoms with Gasteiger partial charge >= 0.3 is 6.61 Å². The lowest BCUT2D eigenvalue weighted by molar-refractivity contribution is -0.0533. The lowest BCUT2D eigenvalue weighted by Gasteiger charge is -2.17. The minimum Gasteiger partial charge on any atom is -0.417 e. The molecule has 7 nitrogen and oxygen atoms in total. The van der Waals surface area contributed by atoms with Crippen molar-refractivity contribution >= 4 is 23.1 Å². The average molecular weight is 389 g/mol. The van der Waals surface area contributed by atoms with Crippen molar-refractivity contribution in [2.24, 2.45) is 0 Å². The fourth-order valence-corrected chi connectivity index (χ4v) is 2.54. The fourth-order valence-electron chi connectivity index (χ4n) is 2.35. The van der Waals surface area contributed by atoms with Gasteiger partial charge in [-0.2, -0.15) is 8.78 Å². The number of aryl methyl sites for hydroxylation is 2. The van der Waals surface area contributed by atoms with Crippen LogP contribution in [-0.4, -0.2) is 34.9 Å². The van der Waals surface area contributed by atoms with Gasteiger partial charge in [0.1, 0.15) is 5.15 Å². The first-order valence-electron chi connectivity index (χ1n) is 7.70. The monoisotopic (exact) mass is 388 g/mol. The van der Waals surface area contributed by atoms with Crippen LogP contribution in [-0.2, 0) is 4.74 Å². The second-order valence-corrected chi connectivity index (χ2v) is 6.06. The van der Waals surface area contributed by atoms with Crippen LogP contribution in [0.2, 0.25) is 5.15 Å². The number of nitrogens with one attached hydrogen (secondary N) is 1. The molecule has 0 saturated heterocycles. The minimum atomic E-state index is -2.97. The Morgan fingerprint density at radius 1 is 1.35 bits per heavy atom. The molecular formula is C16H19ClF2N4O3. The molecule has 0 amide bonds. The summed E-state index contributed by atoms with van der Waals surface area (Å²) < 4.78 is 35.6. The number of nitrogens with zero attached hydrogens (tertiary/aromatic N) is 3. The van der Waals surface area contributed by atoms with Gasteiger partial charge in [-0.15, -0.1) is 0 Å². The van der Waals surface area contributed by atoms with E-state index in [-0.39, 0.29) is 22.9 Å². The van der Waals surface area contributed by atoms with Crippen LogP contribution in [0.3, 0.4) is 0 Å². The molecular weight excluding hydrogens is 370 g/mol. The normalized spacial score (nSPS) is 12.3. The molecule has 0 bridgehead atoms. The third-order valence-electron chi connectivity index (χ3n) is 3.60. The molecule has 0 radical (unpaired) electrons. The first-order valence-corrected chi connectivity index (χ1v) is 8.08. The Balaban J connectivity index is 2.40. The van der Waals surface area contributed by atoms with Crippen LogP contribution in [0.5, 0.6) is 5.88 Å². The minimum absolute atomic E-state index is 0.00715. The molecule has 2 rings (SSSR count).